The van der Waals surface area contributed by atoms with Crippen molar-refractivity contribution in [3.8, 4) is 0 Å². The summed E-state index contributed by atoms with van der Waals surface area (Å²) in [4.78, 5) is 42.8. The highest BCUT2D eigenvalue weighted by Gasteiger charge is 2.34. The van der Waals surface area contributed by atoms with Gasteiger partial charge >= 0.3 is 6.16 Å². The number of ketones is 1. The van der Waals surface area contributed by atoms with Crippen molar-refractivity contribution in [3.63, 3.8) is 0 Å². The lowest BCUT2D eigenvalue weighted by atomic mass is 9.87. The second kappa shape index (κ2) is 14.5. The summed E-state index contributed by atoms with van der Waals surface area (Å²) in [7, 11) is 0. The fourth-order valence-electron chi connectivity index (χ4n) is 5.46. The number of fused-ring (bicyclic) bond motifs is 1. The molecular weight excluding hydrogens is 568 g/mol. The average Bonchev–Trinajstić information content (AvgIpc) is 3.02. The molecular formula is C37H40N2O6. The molecule has 4 aromatic carbocycles. The van der Waals surface area contributed by atoms with E-state index < -0.39 is 11.8 Å². The average molecular weight is 609 g/mol. The molecule has 0 aromatic heterocycles. The van der Waals surface area contributed by atoms with Gasteiger partial charge in [-0.3, -0.25) is 9.59 Å². The number of ether oxygens (including phenoxy) is 2. The standard InChI is InChI=1S/C37H40N2O6/c1-37(2,3)44-36(42)45-39-20-19-32(34(24-39)43-25-27-15-16-28-9-7-8-12-31(28)21-27)29-17-13-26(14-18-29)22-35(41)38-23-33(40)30-10-5-4-6-11-30/h4-18,21,32,34H,19-20,22-25H2,1-3H3,(H,38,41). The number of Topliss-reactive ketones (excluding diaryl/α,β-unsaturated/α-hetero) is 1. The van der Waals surface area contributed by atoms with E-state index in [0.29, 0.717) is 31.7 Å². The molecule has 1 aliphatic heterocycles. The van der Waals surface area contributed by atoms with Crippen LogP contribution in [-0.4, -0.2) is 54.2 Å². The van der Waals surface area contributed by atoms with E-state index in [1.165, 1.54) is 5.39 Å². The molecule has 2 unspecified atom stereocenters. The summed E-state index contributed by atoms with van der Waals surface area (Å²) in [6, 6.07) is 31.4. The quantitative estimate of drug-likeness (QED) is 0.160. The third-order valence-electron chi connectivity index (χ3n) is 7.71. The van der Waals surface area contributed by atoms with E-state index in [-0.39, 0.29) is 36.7 Å². The van der Waals surface area contributed by atoms with Crippen LogP contribution in [0.2, 0.25) is 0 Å². The number of hydrogen-bond donors (Lipinski definition) is 1. The molecule has 1 heterocycles. The van der Waals surface area contributed by atoms with Crippen LogP contribution in [0.15, 0.2) is 97.1 Å². The lowest BCUT2D eigenvalue weighted by Gasteiger charge is -2.37. The molecule has 0 aliphatic carbocycles. The van der Waals surface area contributed by atoms with Crippen LogP contribution in [0.5, 0.6) is 0 Å². The van der Waals surface area contributed by atoms with Crippen molar-refractivity contribution in [2.45, 2.75) is 57.8 Å². The summed E-state index contributed by atoms with van der Waals surface area (Å²) in [6.45, 7) is 6.68. The monoisotopic (exact) mass is 608 g/mol. The van der Waals surface area contributed by atoms with Crippen LogP contribution in [0, 0.1) is 0 Å². The van der Waals surface area contributed by atoms with Crippen LogP contribution in [0.25, 0.3) is 10.8 Å². The van der Waals surface area contributed by atoms with E-state index in [1.807, 2.05) is 42.5 Å². The molecule has 45 heavy (non-hydrogen) atoms. The van der Waals surface area contributed by atoms with Crippen molar-refractivity contribution in [2.24, 2.45) is 0 Å². The SMILES string of the molecule is CC(C)(C)OC(=O)ON1CCC(c2ccc(CC(=O)NCC(=O)c3ccccc3)cc2)C(OCc2ccc3ccccc3c2)C1. The van der Waals surface area contributed by atoms with Crippen molar-refractivity contribution in [1.29, 1.82) is 0 Å². The predicted octanol–water partition coefficient (Wildman–Crippen LogP) is 6.62. The fourth-order valence-corrected chi connectivity index (χ4v) is 5.46. The zero-order valence-electron chi connectivity index (χ0n) is 26.0. The van der Waals surface area contributed by atoms with Gasteiger partial charge in [0.2, 0.25) is 5.91 Å². The van der Waals surface area contributed by atoms with Crippen LogP contribution >= 0.6 is 0 Å². The van der Waals surface area contributed by atoms with E-state index in [4.69, 9.17) is 14.3 Å². The third kappa shape index (κ3) is 9.23. The van der Waals surface area contributed by atoms with Crippen LogP contribution < -0.4 is 5.32 Å². The van der Waals surface area contributed by atoms with E-state index in [9.17, 15) is 14.4 Å². The van der Waals surface area contributed by atoms with Crippen molar-refractivity contribution < 1.29 is 28.7 Å². The van der Waals surface area contributed by atoms with E-state index in [0.717, 1.165) is 22.1 Å². The number of amides is 1. The topological polar surface area (TPSA) is 94.2 Å². The number of carbonyl (C=O) groups is 3. The van der Waals surface area contributed by atoms with Gasteiger partial charge < -0.3 is 19.6 Å². The summed E-state index contributed by atoms with van der Waals surface area (Å²) < 4.78 is 11.9. The Morgan fingerprint density at radius 3 is 2.27 bits per heavy atom. The third-order valence-corrected chi connectivity index (χ3v) is 7.71. The van der Waals surface area contributed by atoms with Gasteiger partial charge in [0.15, 0.2) is 5.78 Å². The van der Waals surface area contributed by atoms with E-state index >= 15 is 0 Å². The maximum atomic E-state index is 12.6. The number of nitrogens with zero attached hydrogens (tertiary/aromatic N) is 1. The summed E-state index contributed by atoms with van der Waals surface area (Å²) in [6.07, 6.45) is -0.118. The molecule has 234 valence electrons. The number of rotatable bonds is 10. The Hall–Kier alpha value is -4.53. The minimum atomic E-state index is -0.734. The molecule has 0 bridgehead atoms. The van der Waals surface area contributed by atoms with Crippen molar-refractivity contribution in [1.82, 2.24) is 10.4 Å². The highest BCUT2D eigenvalue weighted by Crippen LogP contribution is 2.32. The van der Waals surface area contributed by atoms with Gasteiger partial charge in [0, 0.05) is 18.0 Å². The second-order valence-corrected chi connectivity index (χ2v) is 12.4. The lowest BCUT2D eigenvalue weighted by molar-refractivity contribution is -0.179. The zero-order valence-corrected chi connectivity index (χ0v) is 26.0. The van der Waals surface area contributed by atoms with Gasteiger partial charge in [-0.05, 0) is 60.7 Å². The molecule has 8 nitrogen and oxygen atoms in total. The van der Waals surface area contributed by atoms with Crippen LogP contribution in [0.3, 0.4) is 0 Å². The number of nitrogens with one attached hydrogen (secondary N) is 1. The maximum Gasteiger partial charge on any atom is 0.528 e. The highest BCUT2D eigenvalue weighted by molar-refractivity contribution is 5.99. The number of carbonyl (C=O) groups excluding carboxylic acids is 3. The molecule has 1 N–H and O–H groups in total. The Bertz CT molecular complexity index is 1610. The first-order valence-corrected chi connectivity index (χ1v) is 15.3. The second-order valence-electron chi connectivity index (χ2n) is 12.4. The molecule has 1 fully saturated rings. The van der Waals surface area contributed by atoms with Crippen molar-refractivity contribution in [2.75, 3.05) is 19.6 Å². The summed E-state index contributed by atoms with van der Waals surface area (Å²) in [5, 5.41) is 6.66. The number of piperidine rings is 1. The molecule has 8 heteroatoms. The minimum absolute atomic E-state index is 0.0406. The molecule has 2 atom stereocenters. The fraction of sp³-hybridized carbons (Fsp3) is 0.324. The normalized spacial score (nSPS) is 17.0. The van der Waals surface area contributed by atoms with Gasteiger partial charge in [-0.1, -0.05) is 91.0 Å². The number of benzene rings is 4. The van der Waals surface area contributed by atoms with Crippen molar-refractivity contribution >= 4 is 28.6 Å². The zero-order chi connectivity index (χ0) is 31.8. The molecule has 0 saturated carbocycles. The largest absolute Gasteiger partial charge is 0.528 e. The molecule has 4 aromatic rings. The van der Waals surface area contributed by atoms with Crippen LogP contribution in [-0.2, 0) is 32.1 Å². The Balaban J connectivity index is 1.23. The van der Waals surface area contributed by atoms with E-state index in [1.54, 1.807) is 50.1 Å². The van der Waals surface area contributed by atoms with Gasteiger partial charge in [-0.2, -0.15) is 0 Å². The Kier molecular flexibility index (Phi) is 10.3. The molecule has 1 aliphatic rings. The van der Waals surface area contributed by atoms with Gasteiger partial charge in [-0.25, -0.2) is 4.79 Å². The number of hydroxylamine groups is 2. The molecule has 1 saturated heterocycles. The van der Waals surface area contributed by atoms with Gasteiger partial charge in [-0.15, -0.1) is 5.06 Å². The van der Waals surface area contributed by atoms with Crippen LogP contribution in [0.1, 0.15) is 60.2 Å². The highest BCUT2D eigenvalue weighted by atomic mass is 16.8. The Morgan fingerprint density at radius 1 is 0.844 bits per heavy atom. The Morgan fingerprint density at radius 2 is 1.53 bits per heavy atom. The summed E-state index contributed by atoms with van der Waals surface area (Å²) in [5.74, 6) is -0.289. The lowest BCUT2D eigenvalue weighted by Crippen LogP contribution is -2.45. The van der Waals surface area contributed by atoms with Gasteiger partial charge in [0.05, 0.1) is 32.2 Å². The van der Waals surface area contributed by atoms with E-state index in [2.05, 4.69) is 35.6 Å². The number of hydrogen-bond acceptors (Lipinski definition) is 7. The molecule has 0 spiro atoms. The minimum Gasteiger partial charge on any atom is -0.427 e. The smallest absolute Gasteiger partial charge is 0.427 e. The molecule has 1 amide bonds. The van der Waals surface area contributed by atoms with Gasteiger partial charge in [0.25, 0.3) is 0 Å². The first-order valence-electron chi connectivity index (χ1n) is 15.3. The predicted molar refractivity (Wildman–Crippen MR) is 173 cm³/mol. The summed E-state index contributed by atoms with van der Waals surface area (Å²) >= 11 is 0. The van der Waals surface area contributed by atoms with Gasteiger partial charge in [0.1, 0.15) is 5.60 Å². The molecule has 0 radical (unpaired) electrons. The summed E-state index contributed by atoms with van der Waals surface area (Å²) in [5.41, 5.74) is 2.91. The first kappa shape index (κ1) is 31.9. The van der Waals surface area contributed by atoms with Crippen molar-refractivity contribution in [3.05, 3.63) is 119 Å². The maximum absolute atomic E-state index is 12.6. The Labute approximate surface area is 264 Å². The first-order chi connectivity index (χ1) is 21.6. The molecule has 5 rings (SSSR count). The van der Waals surface area contributed by atoms with Crippen LogP contribution in [0.4, 0.5) is 4.79 Å².